The molecule has 202 valence electrons. The molecule has 3 aromatic carbocycles. The number of piperazine rings is 1. The minimum Gasteiger partial charge on any atom is -0.449 e. The number of amides is 1. The Morgan fingerprint density at radius 3 is 2.32 bits per heavy atom. The Balaban J connectivity index is 1.48. The van der Waals surface area contributed by atoms with Crippen molar-refractivity contribution in [3.05, 3.63) is 94.5 Å². The van der Waals surface area contributed by atoms with E-state index >= 15 is 0 Å². The number of rotatable bonds is 7. The van der Waals surface area contributed by atoms with Gasteiger partial charge in [0.25, 0.3) is 0 Å². The first-order valence-corrected chi connectivity index (χ1v) is 14.2. The van der Waals surface area contributed by atoms with Crippen molar-refractivity contribution >= 4 is 33.2 Å². The molecule has 1 amide bonds. The van der Waals surface area contributed by atoms with Gasteiger partial charge in [0.1, 0.15) is 11.6 Å². The van der Waals surface area contributed by atoms with Crippen LogP contribution in [0.3, 0.4) is 0 Å². The van der Waals surface area contributed by atoms with Crippen LogP contribution < -0.4 is 4.90 Å². The van der Waals surface area contributed by atoms with Crippen molar-refractivity contribution in [3.63, 3.8) is 0 Å². The largest absolute Gasteiger partial charge is 0.449 e. The smallest absolute Gasteiger partial charge is 0.409 e. The molecule has 38 heavy (non-hydrogen) atoms. The second-order valence-corrected chi connectivity index (χ2v) is 11.9. The zero-order valence-electron chi connectivity index (χ0n) is 21.1. The number of hydrogen-bond acceptors (Lipinski definition) is 5. The Labute approximate surface area is 226 Å². The van der Waals surface area contributed by atoms with Gasteiger partial charge in [0.2, 0.25) is 0 Å². The van der Waals surface area contributed by atoms with Gasteiger partial charge in [0.05, 0.1) is 16.8 Å². The molecule has 0 bridgehead atoms. The van der Waals surface area contributed by atoms with Gasteiger partial charge in [0, 0.05) is 48.4 Å². The Kier molecular flexibility index (Phi) is 8.57. The molecule has 6 nitrogen and oxygen atoms in total. The summed E-state index contributed by atoms with van der Waals surface area (Å²) in [7, 11) is -4.20. The van der Waals surface area contributed by atoms with Crippen molar-refractivity contribution in [1.29, 1.82) is 0 Å². The summed E-state index contributed by atoms with van der Waals surface area (Å²) in [5, 5.41) is -1.16. The van der Waals surface area contributed by atoms with Gasteiger partial charge in [-0.2, -0.15) is 0 Å². The van der Waals surface area contributed by atoms with Gasteiger partial charge < -0.3 is 14.5 Å². The Bertz CT molecular complexity index is 1390. The van der Waals surface area contributed by atoms with Crippen LogP contribution >= 0.6 is 11.6 Å². The van der Waals surface area contributed by atoms with Crippen LogP contribution in [0.25, 0.3) is 0 Å². The van der Waals surface area contributed by atoms with Crippen LogP contribution in [-0.4, -0.2) is 52.2 Å². The van der Waals surface area contributed by atoms with E-state index in [4.69, 9.17) is 16.3 Å². The number of carbonyl (C=O) groups is 1. The molecule has 1 heterocycles. The van der Waals surface area contributed by atoms with E-state index in [-0.39, 0.29) is 17.1 Å². The second kappa shape index (κ2) is 11.7. The van der Waals surface area contributed by atoms with Gasteiger partial charge in [0.15, 0.2) is 9.84 Å². The number of sulfone groups is 1. The molecule has 0 spiro atoms. The van der Waals surface area contributed by atoms with Crippen molar-refractivity contribution in [2.24, 2.45) is 5.92 Å². The lowest BCUT2D eigenvalue weighted by atomic mass is 10.0. The van der Waals surface area contributed by atoms with Gasteiger partial charge in [-0.1, -0.05) is 36.7 Å². The highest BCUT2D eigenvalue weighted by Gasteiger charge is 2.37. The van der Waals surface area contributed by atoms with E-state index in [1.165, 1.54) is 31.2 Å². The van der Waals surface area contributed by atoms with Gasteiger partial charge in [-0.25, -0.2) is 22.0 Å². The summed E-state index contributed by atoms with van der Waals surface area (Å²) < 4.78 is 61.6. The molecule has 1 aliphatic heterocycles. The number of halogens is 3. The van der Waals surface area contributed by atoms with Crippen LogP contribution in [0.2, 0.25) is 5.02 Å². The summed E-state index contributed by atoms with van der Waals surface area (Å²) in [6.07, 6.45) is -0.580. The molecule has 3 aromatic rings. The lowest BCUT2D eigenvalue weighted by Gasteiger charge is -2.36. The van der Waals surface area contributed by atoms with Gasteiger partial charge >= 0.3 is 6.09 Å². The number of aryl methyl sites for hydroxylation is 1. The molecule has 0 unspecified atom stereocenters. The van der Waals surface area contributed by atoms with E-state index in [0.717, 1.165) is 29.4 Å². The molecule has 0 saturated carbocycles. The minimum atomic E-state index is -4.20. The standard InChI is InChI=1S/C28H29ClF2N2O4S/c1-19-5-3-4-6-26(19)32-13-15-33(16-14-32)28(34)37-18-20(2)27(24-17-22(30)9-12-25(24)31)38(35,36)23-10-7-21(29)8-11-23/h3-12,17,20,27H,13-16,18H2,1-2H3/t20-,27+/m1/s1. The monoisotopic (exact) mass is 562 g/mol. The van der Waals surface area contributed by atoms with Crippen molar-refractivity contribution in [2.75, 3.05) is 37.7 Å². The third-order valence-corrected chi connectivity index (χ3v) is 9.29. The molecule has 0 aliphatic carbocycles. The van der Waals surface area contributed by atoms with Crippen LogP contribution in [0.5, 0.6) is 0 Å². The SMILES string of the molecule is Cc1ccccc1N1CCN(C(=O)OC[C@@H](C)[C@@H](c2cc(F)ccc2F)S(=O)(=O)c2ccc(Cl)cc2)CC1. The van der Waals surface area contributed by atoms with E-state index < -0.39 is 38.7 Å². The minimum absolute atomic E-state index is 0.0962. The van der Waals surface area contributed by atoms with Gasteiger partial charge in [-0.05, 0) is 61.0 Å². The number of hydrogen-bond donors (Lipinski definition) is 0. The van der Waals surface area contributed by atoms with Crippen LogP contribution in [0.15, 0.2) is 71.6 Å². The summed E-state index contributed by atoms with van der Waals surface area (Å²) in [6.45, 7) is 5.39. The number of anilines is 1. The van der Waals surface area contributed by atoms with E-state index in [1.807, 2.05) is 31.2 Å². The topological polar surface area (TPSA) is 66.9 Å². The highest BCUT2D eigenvalue weighted by atomic mass is 35.5. The van der Waals surface area contributed by atoms with Crippen molar-refractivity contribution < 1.29 is 26.7 Å². The Hall–Kier alpha value is -3.17. The fraction of sp³-hybridized carbons (Fsp3) is 0.321. The Morgan fingerprint density at radius 1 is 1.00 bits per heavy atom. The van der Waals surface area contributed by atoms with E-state index in [9.17, 15) is 22.0 Å². The summed E-state index contributed by atoms with van der Waals surface area (Å²) in [5.41, 5.74) is 1.94. The quantitative estimate of drug-likeness (QED) is 0.351. The maximum atomic E-state index is 14.8. The maximum Gasteiger partial charge on any atom is 0.409 e. The average molecular weight is 563 g/mol. The van der Waals surface area contributed by atoms with Crippen LogP contribution in [0.4, 0.5) is 19.3 Å². The van der Waals surface area contributed by atoms with E-state index in [2.05, 4.69) is 4.90 Å². The molecular formula is C28H29ClF2N2O4S. The van der Waals surface area contributed by atoms with Crippen LogP contribution in [0.1, 0.15) is 23.3 Å². The third kappa shape index (κ3) is 6.10. The first-order valence-electron chi connectivity index (χ1n) is 12.2. The highest BCUT2D eigenvalue weighted by Crippen LogP contribution is 2.37. The summed E-state index contributed by atoms with van der Waals surface area (Å²) in [4.78, 5) is 16.5. The van der Waals surface area contributed by atoms with Gasteiger partial charge in [-0.3, -0.25) is 0 Å². The molecule has 0 N–H and O–H groups in total. The number of para-hydroxylation sites is 1. The lowest BCUT2D eigenvalue weighted by molar-refractivity contribution is 0.0869. The summed E-state index contributed by atoms with van der Waals surface area (Å²) in [6, 6.07) is 16.2. The summed E-state index contributed by atoms with van der Waals surface area (Å²) in [5.74, 6) is -2.52. The van der Waals surface area contributed by atoms with Crippen LogP contribution in [0, 0.1) is 24.5 Å². The van der Waals surface area contributed by atoms with E-state index in [0.29, 0.717) is 31.2 Å². The second-order valence-electron chi connectivity index (χ2n) is 9.40. The molecule has 1 aliphatic rings. The normalized spacial score (nSPS) is 15.7. The van der Waals surface area contributed by atoms with Crippen molar-refractivity contribution in [1.82, 2.24) is 4.90 Å². The summed E-state index contributed by atoms with van der Waals surface area (Å²) >= 11 is 5.91. The molecule has 0 radical (unpaired) electrons. The van der Waals surface area contributed by atoms with E-state index in [1.54, 1.807) is 4.90 Å². The zero-order chi connectivity index (χ0) is 27.4. The molecule has 4 rings (SSSR count). The number of carbonyl (C=O) groups excluding carboxylic acids is 1. The molecule has 10 heteroatoms. The highest BCUT2D eigenvalue weighted by molar-refractivity contribution is 7.91. The molecule has 1 fully saturated rings. The van der Waals surface area contributed by atoms with Crippen molar-refractivity contribution in [3.8, 4) is 0 Å². The lowest BCUT2D eigenvalue weighted by Crippen LogP contribution is -2.49. The molecule has 0 aromatic heterocycles. The molecular weight excluding hydrogens is 534 g/mol. The molecule has 1 saturated heterocycles. The molecule has 2 atom stereocenters. The zero-order valence-corrected chi connectivity index (χ0v) is 22.7. The fourth-order valence-corrected chi connectivity index (χ4v) is 6.85. The van der Waals surface area contributed by atoms with Gasteiger partial charge in [-0.15, -0.1) is 0 Å². The number of nitrogens with zero attached hydrogens (tertiary/aromatic N) is 2. The third-order valence-electron chi connectivity index (χ3n) is 6.72. The van der Waals surface area contributed by atoms with Crippen molar-refractivity contribution in [2.45, 2.75) is 24.0 Å². The van der Waals surface area contributed by atoms with Crippen LogP contribution in [-0.2, 0) is 14.6 Å². The predicted molar refractivity (Wildman–Crippen MR) is 143 cm³/mol. The Morgan fingerprint density at radius 2 is 1.66 bits per heavy atom. The number of ether oxygens (including phenoxy) is 1. The fourth-order valence-electron chi connectivity index (χ4n) is 4.71. The first kappa shape index (κ1) is 27.9. The predicted octanol–water partition coefficient (Wildman–Crippen LogP) is 6.04. The first-order chi connectivity index (χ1) is 18.1. The average Bonchev–Trinajstić information content (AvgIpc) is 2.90. The number of benzene rings is 3. The maximum absolute atomic E-state index is 14.8.